The maximum atomic E-state index is 12.1. The summed E-state index contributed by atoms with van der Waals surface area (Å²) in [5, 5.41) is 4.03. The molecule has 0 aliphatic rings. The molecule has 180 valence electrons. The second kappa shape index (κ2) is 14.2. The zero-order valence-electron chi connectivity index (χ0n) is 17.4. The molecule has 0 aromatic heterocycles. The molecule has 0 heterocycles. The van der Waals surface area contributed by atoms with E-state index in [4.69, 9.17) is 24.7 Å². The third-order valence-electron chi connectivity index (χ3n) is 3.55. The van der Waals surface area contributed by atoms with E-state index >= 15 is 0 Å². The highest BCUT2D eigenvalue weighted by Gasteiger charge is 2.38. The zero-order valence-corrected chi connectivity index (χ0v) is 17.4. The number of carbonyl (C=O) groups is 3. The first kappa shape index (κ1) is 27.1. The lowest BCUT2D eigenvalue weighted by Crippen LogP contribution is -2.41. The molecular formula is C19H26F3N3O7. The van der Waals surface area contributed by atoms with Crippen molar-refractivity contribution in [3.05, 3.63) is 29.8 Å². The van der Waals surface area contributed by atoms with Gasteiger partial charge in [-0.3, -0.25) is 9.59 Å². The first-order chi connectivity index (χ1) is 15.1. The van der Waals surface area contributed by atoms with Crippen LogP contribution in [0.1, 0.15) is 17.3 Å². The Morgan fingerprint density at radius 1 is 1.12 bits per heavy atom. The minimum atomic E-state index is -4.98. The van der Waals surface area contributed by atoms with E-state index in [1.54, 1.807) is 24.4 Å². The molecule has 0 spiro atoms. The molecule has 10 nitrogen and oxygen atoms in total. The Hall–Kier alpha value is -2.90. The van der Waals surface area contributed by atoms with E-state index in [0.29, 0.717) is 5.75 Å². The van der Waals surface area contributed by atoms with E-state index in [-0.39, 0.29) is 51.7 Å². The number of nitrogens with one attached hydrogen (secondary N) is 2. The van der Waals surface area contributed by atoms with E-state index in [2.05, 4.69) is 5.32 Å². The number of benzene rings is 1. The Balaban J connectivity index is 2.29. The summed E-state index contributed by atoms with van der Waals surface area (Å²) in [5.41, 5.74) is 5.96. The second-order valence-corrected chi connectivity index (χ2v) is 6.12. The van der Waals surface area contributed by atoms with Gasteiger partial charge in [-0.1, -0.05) is 6.07 Å². The van der Waals surface area contributed by atoms with Crippen LogP contribution in [0, 0.1) is 0 Å². The molecule has 1 unspecified atom stereocenters. The lowest BCUT2D eigenvalue weighted by Gasteiger charge is -2.15. The molecular weight excluding hydrogens is 439 g/mol. The Labute approximate surface area is 182 Å². The van der Waals surface area contributed by atoms with Crippen LogP contribution in [-0.4, -0.2) is 76.3 Å². The number of halogens is 3. The number of alkyl halides is 3. The van der Waals surface area contributed by atoms with Crippen molar-refractivity contribution >= 4 is 17.8 Å². The number of hydrogen-bond acceptors (Lipinski definition) is 8. The highest BCUT2D eigenvalue weighted by molar-refractivity contribution is 5.94. The van der Waals surface area contributed by atoms with Crippen LogP contribution < -0.4 is 21.1 Å². The predicted octanol–water partition coefficient (Wildman–Crippen LogP) is 0.355. The summed E-state index contributed by atoms with van der Waals surface area (Å²) in [5.74, 6) is -2.79. The molecule has 0 aliphatic carbocycles. The van der Waals surface area contributed by atoms with Gasteiger partial charge in [-0.2, -0.15) is 13.2 Å². The van der Waals surface area contributed by atoms with Crippen molar-refractivity contribution in [3.8, 4) is 5.75 Å². The summed E-state index contributed by atoms with van der Waals surface area (Å²) < 4.78 is 56.7. The smallest absolute Gasteiger partial charge is 0.471 e. The number of nitrogens with two attached hydrogens (primary N) is 1. The van der Waals surface area contributed by atoms with Crippen molar-refractivity contribution in [1.82, 2.24) is 10.6 Å². The van der Waals surface area contributed by atoms with Crippen LogP contribution in [0.4, 0.5) is 13.2 Å². The minimum absolute atomic E-state index is 0.0353. The number of ether oxygens (including phenoxy) is 4. The van der Waals surface area contributed by atoms with Gasteiger partial charge in [0, 0.05) is 18.7 Å². The van der Waals surface area contributed by atoms with Crippen LogP contribution in [-0.2, 0) is 23.8 Å². The molecule has 1 atom stereocenters. The second-order valence-electron chi connectivity index (χ2n) is 6.12. The molecule has 0 bridgehead atoms. The van der Waals surface area contributed by atoms with Crippen molar-refractivity contribution in [2.75, 3.05) is 46.1 Å². The van der Waals surface area contributed by atoms with Crippen molar-refractivity contribution in [3.63, 3.8) is 0 Å². The third-order valence-corrected chi connectivity index (χ3v) is 3.55. The fourth-order valence-corrected chi connectivity index (χ4v) is 2.12. The van der Waals surface area contributed by atoms with E-state index in [9.17, 15) is 27.6 Å². The maximum absolute atomic E-state index is 12.1. The molecule has 0 radical (unpaired) electrons. The number of hydrogen-bond donors (Lipinski definition) is 3. The number of esters is 1. The zero-order chi connectivity index (χ0) is 24.0. The fourth-order valence-electron chi connectivity index (χ4n) is 2.12. The first-order valence-corrected chi connectivity index (χ1v) is 9.60. The van der Waals surface area contributed by atoms with Gasteiger partial charge in [-0.25, -0.2) is 4.79 Å². The van der Waals surface area contributed by atoms with Crippen molar-refractivity contribution in [2.24, 2.45) is 5.73 Å². The van der Waals surface area contributed by atoms with Crippen molar-refractivity contribution < 1.29 is 46.5 Å². The Bertz CT molecular complexity index is 747. The molecule has 1 aromatic rings. The Kier molecular flexibility index (Phi) is 12.1. The average molecular weight is 465 g/mol. The van der Waals surface area contributed by atoms with Crippen LogP contribution >= 0.6 is 0 Å². The molecule has 4 N–H and O–H groups in total. The van der Waals surface area contributed by atoms with Crippen LogP contribution in [0.25, 0.3) is 0 Å². The van der Waals surface area contributed by atoms with Crippen LogP contribution in [0.5, 0.6) is 5.75 Å². The standard InChI is InChI=1S/C19H26F3N3O7/c1-2-30-16(26)12-29-8-9-31-15(23)11-32-14-5-3-4-13(10-14)17(27)24-6-7-25-18(28)19(20,21)22/h3-5,10,15H,2,6-9,11-12,23H2,1H3,(H,24,27)(H,25,28). The molecule has 1 aromatic carbocycles. The van der Waals surface area contributed by atoms with Gasteiger partial charge < -0.3 is 35.3 Å². The van der Waals surface area contributed by atoms with E-state index in [1.807, 2.05) is 0 Å². The summed E-state index contributed by atoms with van der Waals surface area (Å²) in [7, 11) is 0. The monoisotopic (exact) mass is 465 g/mol. The van der Waals surface area contributed by atoms with Crippen LogP contribution in [0.15, 0.2) is 24.3 Å². The molecule has 0 saturated carbocycles. The van der Waals surface area contributed by atoms with Gasteiger partial charge in [0.2, 0.25) is 0 Å². The quantitative estimate of drug-likeness (QED) is 0.203. The first-order valence-electron chi connectivity index (χ1n) is 9.60. The minimum Gasteiger partial charge on any atom is -0.489 e. The van der Waals surface area contributed by atoms with Gasteiger partial charge in [0.05, 0.1) is 19.8 Å². The van der Waals surface area contributed by atoms with Gasteiger partial charge in [0.1, 0.15) is 25.2 Å². The summed E-state index contributed by atoms with van der Waals surface area (Å²) >= 11 is 0. The molecule has 1 rings (SSSR count). The lowest BCUT2D eigenvalue weighted by atomic mass is 10.2. The van der Waals surface area contributed by atoms with Gasteiger partial charge in [-0.05, 0) is 25.1 Å². The SMILES string of the molecule is CCOC(=O)COCCOC(N)COc1cccc(C(=O)NCCNC(=O)C(F)(F)F)c1. The van der Waals surface area contributed by atoms with Gasteiger partial charge >= 0.3 is 18.1 Å². The normalized spacial score (nSPS) is 12.0. The summed E-state index contributed by atoms with van der Waals surface area (Å²) in [6.45, 7) is 1.41. The molecule has 13 heteroatoms. The summed E-state index contributed by atoms with van der Waals surface area (Å²) in [6, 6.07) is 6.02. The van der Waals surface area contributed by atoms with Gasteiger partial charge in [0.15, 0.2) is 0 Å². The highest BCUT2D eigenvalue weighted by atomic mass is 19.4. The highest BCUT2D eigenvalue weighted by Crippen LogP contribution is 2.14. The Morgan fingerprint density at radius 3 is 2.53 bits per heavy atom. The molecule has 0 saturated heterocycles. The van der Waals surface area contributed by atoms with E-state index in [1.165, 1.54) is 12.1 Å². The molecule has 2 amide bonds. The number of rotatable bonds is 14. The third kappa shape index (κ3) is 11.5. The van der Waals surface area contributed by atoms with Crippen molar-refractivity contribution in [1.29, 1.82) is 0 Å². The predicted molar refractivity (Wildman–Crippen MR) is 105 cm³/mol. The maximum Gasteiger partial charge on any atom is 0.471 e. The fraction of sp³-hybridized carbons (Fsp3) is 0.526. The number of amides is 2. The van der Waals surface area contributed by atoms with Gasteiger partial charge in [0.25, 0.3) is 5.91 Å². The Morgan fingerprint density at radius 2 is 1.84 bits per heavy atom. The van der Waals surface area contributed by atoms with Crippen LogP contribution in [0.3, 0.4) is 0 Å². The lowest BCUT2D eigenvalue weighted by molar-refractivity contribution is -0.173. The summed E-state index contributed by atoms with van der Waals surface area (Å²) in [4.78, 5) is 33.9. The number of carbonyl (C=O) groups excluding carboxylic acids is 3. The van der Waals surface area contributed by atoms with Crippen molar-refractivity contribution in [2.45, 2.75) is 19.3 Å². The van der Waals surface area contributed by atoms with Gasteiger partial charge in [-0.15, -0.1) is 0 Å². The summed E-state index contributed by atoms with van der Waals surface area (Å²) in [6.07, 6.45) is -5.77. The van der Waals surface area contributed by atoms with E-state index in [0.717, 1.165) is 0 Å². The molecule has 32 heavy (non-hydrogen) atoms. The largest absolute Gasteiger partial charge is 0.489 e. The van der Waals surface area contributed by atoms with E-state index < -0.39 is 30.2 Å². The van der Waals surface area contributed by atoms with Crippen LogP contribution in [0.2, 0.25) is 0 Å². The molecule has 0 aliphatic heterocycles. The average Bonchev–Trinajstić information content (AvgIpc) is 2.74. The molecule has 0 fully saturated rings. The topological polar surface area (TPSA) is 138 Å².